The maximum atomic E-state index is 13.0. The second-order valence-electron chi connectivity index (χ2n) is 6.84. The Hall–Kier alpha value is -2.45. The number of hydrogen-bond acceptors (Lipinski definition) is 6. The number of hydrogen-bond donors (Lipinski definition) is 0. The molecule has 1 atom stereocenters. The predicted octanol–water partition coefficient (Wildman–Crippen LogP) is 2.37. The normalized spacial score (nSPS) is 18.5. The lowest BCUT2D eigenvalue weighted by molar-refractivity contribution is 0.169. The second-order valence-corrected chi connectivity index (χ2v) is 8.88. The zero-order valence-corrected chi connectivity index (χ0v) is 16.8. The van der Waals surface area contributed by atoms with E-state index in [9.17, 15) is 8.42 Å². The number of rotatable bonds is 5. The van der Waals surface area contributed by atoms with E-state index in [1.165, 1.54) is 10.4 Å². The summed E-state index contributed by atoms with van der Waals surface area (Å²) < 4.78 is 44.5. The lowest BCUT2D eigenvalue weighted by Crippen LogP contribution is -2.46. The molecule has 0 N–H and O–H groups in total. The number of nitrogens with zero attached hydrogens (tertiary/aromatic N) is 2. The highest BCUT2D eigenvalue weighted by molar-refractivity contribution is 7.89. The Bertz CT molecular complexity index is 963. The van der Waals surface area contributed by atoms with Crippen molar-refractivity contribution in [2.45, 2.75) is 17.9 Å². The predicted molar refractivity (Wildman–Crippen MR) is 106 cm³/mol. The summed E-state index contributed by atoms with van der Waals surface area (Å²) in [5.74, 6) is 1.81. The molecule has 2 aliphatic rings. The van der Waals surface area contributed by atoms with E-state index < -0.39 is 10.0 Å². The average Bonchev–Trinajstić information content (AvgIpc) is 2.72. The first-order valence-corrected chi connectivity index (χ1v) is 10.8. The molecule has 2 aromatic carbocycles. The molecule has 1 unspecified atom stereocenters. The fourth-order valence-electron chi connectivity index (χ4n) is 3.52. The standard InChI is InChI=1S/C20H24N2O5S/c1-3-22-14-15(27-18-7-5-4-6-17(18)22)13-21(2)28(23,24)16-8-9-19-20(12-16)26-11-10-25-19/h4-9,12,15H,3,10-11,13-14H2,1-2H3. The molecule has 0 spiro atoms. The quantitative estimate of drug-likeness (QED) is 0.762. The van der Waals surface area contributed by atoms with Crippen molar-refractivity contribution in [1.82, 2.24) is 4.31 Å². The van der Waals surface area contributed by atoms with Crippen LogP contribution in [0.3, 0.4) is 0 Å². The fraction of sp³-hybridized carbons (Fsp3) is 0.400. The van der Waals surface area contributed by atoms with Crippen molar-refractivity contribution in [3.05, 3.63) is 42.5 Å². The minimum atomic E-state index is -3.67. The third-order valence-electron chi connectivity index (χ3n) is 4.99. The van der Waals surface area contributed by atoms with Crippen LogP contribution in [0.25, 0.3) is 0 Å². The molecule has 0 radical (unpaired) electrons. The smallest absolute Gasteiger partial charge is 0.243 e. The number of para-hydroxylation sites is 2. The van der Waals surface area contributed by atoms with Crippen LogP contribution in [0.5, 0.6) is 17.2 Å². The van der Waals surface area contributed by atoms with Crippen molar-refractivity contribution in [3.63, 3.8) is 0 Å². The van der Waals surface area contributed by atoms with E-state index >= 15 is 0 Å². The van der Waals surface area contributed by atoms with Crippen LogP contribution in [0, 0.1) is 0 Å². The lowest BCUT2D eigenvalue weighted by atomic mass is 10.2. The van der Waals surface area contributed by atoms with Crippen molar-refractivity contribution in [2.75, 3.05) is 44.8 Å². The third kappa shape index (κ3) is 3.49. The van der Waals surface area contributed by atoms with E-state index in [-0.39, 0.29) is 17.5 Å². The Labute approximate surface area is 165 Å². The van der Waals surface area contributed by atoms with Gasteiger partial charge in [0.05, 0.1) is 23.7 Å². The van der Waals surface area contributed by atoms with Gasteiger partial charge in [-0.25, -0.2) is 8.42 Å². The molecule has 150 valence electrons. The van der Waals surface area contributed by atoms with Crippen molar-refractivity contribution in [1.29, 1.82) is 0 Å². The minimum absolute atomic E-state index is 0.183. The maximum Gasteiger partial charge on any atom is 0.243 e. The van der Waals surface area contributed by atoms with Crippen molar-refractivity contribution < 1.29 is 22.6 Å². The molecule has 8 heteroatoms. The summed E-state index contributed by atoms with van der Waals surface area (Å²) in [6, 6.07) is 12.5. The van der Waals surface area contributed by atoms with Gasteiger partial charge in [0.2, 0.25) is 10.0 Å². The monoisotopic (exact) mass is 404 g/mol. The number of anilines is 1. The molecule has 2 aromatic rings. The Balaban J connectivity index is 1.52. The van der Waals surface area contributed by atoms with Crippen LogP contribution in [0.1, 0.15) is 6.92 Å². The van der Waals surface area contributed by atoms with Crippen molar-refractivity contribution >= 4 is 15.7 Å². The summed E-state index contributed by atoms with van der Waals surface area (Å²) >= 11 is 0. The van der Waals surface area contributed by atoms with Crippen molar-refractivity contribution in [2.24, 2.45) is 0 Å². The first kappa shape index (κ1) is 18.9. The van der Waals surface area contributed by atoms with E-state index in [1.807, 2.05) is 24.3 Å². The molecular weight excluding hydrogens is 380 g/mol. The molecule has 7 nitrogen and oxygen atoms in total. The summed E-state index contributed by atoms with van der Waals surface area (Å²) in [6.07, 6.45) is -0.258. The number of benzene rings is 2. The Morgan fingerprint density at radius 2 is 1.82 bits per heavy atom. The topological polar surface area (TPSA) is 68.3 Å². The van der Waals surface area contributed by atoms with Crippen LogP contribution in [-0.2, 0) is 10.0 Å². The molecule has 2 aliphatic heterocycles. The molecule has 0 bridgehead atoms. The van der Waals surface area contributed by atoms with Crippen LogP contribution in [-0.4, -0.2) is 58.7 Å². The average molecular weight is 404 g/mol. The van der Waals surface area contributed by atoms with E-state index in [2.05, 4.69) is 11.8 Å². The van der Waals surface area contributed by atoms with Crippen LogP contribution in [0.15, 0.2) is 47.4 Å². The van der Waals surface area contributed by atoms with Gasteiger partial charge in [-0.05, 0) is 31.2 Å². The molecule has 0 fully saturated rings. The number of ether oxygens (including phenoxy) is 3. The molecule has 0 aliphatic carbocycles. The first-order valence-electron chi connectivity index (χ1n) is 9.35. The lowest BCUT2D eigenvalue weighted by Gasteiger charge is -2.37. The van der Waals surface area contributed by atoms with Gasteiger partial charge < -0.3 is 19.1 Å². The summed E-state index contributed by atoms with van der Waals surface area (Å²) in [6.45, 7) is 4.67. The second kappa shape index (κ2) is 7.52. The Kier molecular flexibility index (Phi) is 5.07. The zero-order chi connectivity index (χ0) is 19.7. The van der Waals surface area contributed by atoms with E-state index in [0.717, 1.165) is 18.0 Å². The molecule has 0 saturated heterocycles. The number of likely N-dealkylation sites (N-methyl/N-ethyl adjacent to an activating group) is 2. The summed E-state index contributed by atoms with van der Waals surface area (Å²) in [5, 5.41) is 0. The van der Waals surface area contributed by atoms with Crippen LogP contribution >= 0.6 is 0 Å². The molecule has 0 saturated carbocycles. The van der Waals surface area contributed by atoms with Crippen molar-refractivity contribution in [3.8, 4) is 17.2 Å². The van der Waals surface area contributed by atoms with Gasteiger partial charge in [0, 0.05) is 19.7 Å². The first-order chi connectivity index (χ1) is 13.5. The fourth-order valence-corrected chi connectivity index (χ4v) is 4.74. The molecule has 4 rings (SSSR count). The Morgan fingerprint density at radius 1 is 1.07 bits per heavy atom. The Morgan fingerprint density at radius 3 is 2.61 bits per heavy atom. The third-order valence-corrected chi connectivity index (χ3v) is 6.81. The molecule has 0 amide bonds. The van der Waals surface area contributed by atoms with Gasteiger partial charge in [-0.1, -0.05) is 12.1 Å². The van der Waals surface area contributed by atoms with Gasteiger partial charge in [0.1, 0.15) is 25.1 Å². The molecule has 2 heterocycles. The van der Waals surface area contributed by atoms with Crippen LogP contribution < -0.4 is 19.1 Å². The van der Waals surface area contributed by atoms with Gasteiger partial charge in [0.15, 0.2) is 11.5 Å². The molecule has 0 aromatic heterocycles. The van der Waals surface area contributed by atoms with E-state index in [4.69, 9.17) is 14.2 Å². The largest absolute Gasteiger partial charge is 0.486 e. The highest BCUT2D eigenvalue weighted by Gasteiger charge is 2.30. The highest BCUT2D eigenvalue weighted by atomic mass is 32.2. The van der Waals surface area contributed by atoms with Gasteiger partial charge in [-0.15, -0.1) is 0 Å². The molecule has 28 heavy (non-hydrogen) atoms. The minimum Gasteiger partial charge on any atom is -0.486 e. The van der Waals surface area contributed by atoms with Gasteiger partial charge in [0.25, 0.3) is 0 Å². The maximum absolute atomic E-state index is 13.0. The van der Waals surface area contributed by atoms with E-state index in [0.29, 0.717) is 31.3 Å². The van der Waals surface area contributed by atoms with Crippen LogP contribution in [0.2, 0.25) is 0 Å². The summed E-state index contributed by atoms with van der Waals surface area (Å²) in [4.78, 5) is 2.39. The van der Waals surface area contributed by atoms with Gasteiger partial charge in [-0.2, -0.15) is 4.31 Å². The van der Waals surface area contributed by atoms with Crippen LogP contribution in [0.4, 0.5) is 5.69 Å². The zero-order valence-electron chi connectivity index (χ0n) is 16.0. The summed E-state index contributed by atoms with van der Waals surface area (Å²) in [5.41, 5.74) is 1.04. The number of sulfonamides is 1. The molecular formula is C20H24N2O5S. The summed E-state index contributed by atoms with van der Waals surface area (Å²) in [7, 11) is -2.10. The van der Waals surface area contributed by atoms with Gasteiger partial charge >= 0.3 is 0 Å². The number of fused-ring (bicyclic) bond motifs is 2. The van der Waals surface area contributed by atoms with E-state index in [1.54, 1.807) is 19.2 Å². The highest BCUT2D eigenvalue weighted by Crippen LogP contribution is 2.35. The van der Waals surface area contributed by atoms with Gasteiger partial charge in [-0.3, -0.25) is 0 Å². The SMILES string of the molecule is CCN1CC(CN(C)S(=O)(=O)c2ccc3c(c2)OCCO3)Oc2ccccc21.